The Morgan fingerprint density at radius 3 is 2.52 bits per heavy atom. The van der Waals surface area contributed by atoms with Gasteiger partial charge in [0.15, 0.2) is 11.5 Å². The maximum atomic E-state index is 12.6. The van der Waals surface area contributed by atoms with E-state index in [0.717, 1.165) is 9.13 Å². The number of ether oxygens (including phenoxy) is 2. The van der Waals surface area contributed by atoms with Crippen LogP contribution in [0.15, 0.2) is 60.2 Å². The Balaban J connectivity index is 1.83. The van der Waals surface area contributed by atoms with Crippen molar-refractivity contribution in [2.24, 2.45) is 0 Å². The highest BCUT2D eigenvalue weighted by atomic mass is 127. The molecule has 3 aromatic rings. The van der Waals surface area contributed by atoms with Crippen molar-refractivity contribution in [2.45, 2.75) is 6.61 Å². The predicted octanol–water partition coefficient (Wildman–Crippen LogP) is 7.38. The Morgan fingerprint density at radius 2 is 1.85 bits per heavy atom. The second-order valence-electron chi connectivity index (χ2n) is 6.68. The Labute approximate surface area is 220 Å². The first kappa shape index (κ1) is 25.2. The summed E-state index contributed by atoms with van der Waals surface area (Å²) in [6.45, 7) is 0.252. The number of nitriles is 1. The van der Waals surface area contributed by atoms with E-state index in [9.17, 15) is 10.1 Å². The summed E-state index contributed by atoms with van der Waals surface area (Å²) in [5.41, 5.74) is 1.78. The van der Waals surface area contributed by atoms with Gasteiger partial charge in [0.1, 0.15) is 18.2 Å². The molecular formula is C24H16Cl3IN2O3. The van der Waals surface area contributed by atoms with Crippen LogP contribution in [0.4, 0.5) is 5.69 Å². The molecule has 0 atom stereocenters. The third kappa shape index (κ3) is 6.55. The van der Waals surface area contributed by atoms with Crippen molar-refractivity contribution >= 4 is 75.1 Å². The second-order valence-corrected chi connectivity index (χ2v) is 9.06. The maximum Gasteiger partial charge on any atom is 0.266 e. The van der Waals surface area contributed by atoms with Gasteiger partial charge in [-0.15, -0.1) is 0 Å². The minimum absolute atomic E-state index is 0.0859. The number of methoxy groups -OCH3 is 1. The molecule has 0 saturated carbocycles. The first-order valence-corrected chi connectivity index (χ1v) is 11.7. The number of nitrogens with one attached hydrogen (secondary N) is 1. The van der Waals surface area contributed by atoms with Gasteiger partial charge >= 0.3 is 0 Å². The number of carbonyl (C=O) groups is 1. The molecule has 168 valence electrons. The standard InChI is InChI=1S/C24H16Cl3IN2O3/c1-32-22-11-15(8-16(12-29)24(31)30-21-5-3-2-4-18(21)26)10-20(28)23(22)33-13-14-6-7-17(25)19(27)9-14/h2-11H,13H2,1H3,(H,30,31)/b16-8+. The monoisotopic (exact) mass is 612 g/mol. The molecule has 3 aromatic carbocycles. The minimum Gasteiger partial charge on any atom is -0.493 e. The summed E-state index contributed by atoms with van der Waals surface area (Å²) < 4.78 is 12.2. The van der Waals surface area contributed by atoms with Gasteiger partial charge in [-0.05, 0) is 76.2 Å². The lowest BCUT2D eigenvalue weighted by atomic mass is 10.1. The number of amides is 1. The van der Waals surface area contributed by atoms with Crippen LogP contribution in [0.1, 0.15) is 11.1 Å². The van der Waals surface area contributed by atoms with Crippen molar-refractivity contribution in [3.8, 4) is 17.6 Å². The zero-order chi connectivity index (χ0) is 24.0. The first-order chi connectivity index (χ1) is 15.8. The van der Waals surface area contributed by atoms with Gasteiger partial charge in [0.05, 0.1) is 31.4 Å². The van der Waals surface area contributed by atoms with Crippen molar-refractivity contribution < 1.29 is 14.3 Å². The molecule has 3 rings (SSSR count). The van der Waals surface area contributed by atoms with Gasteiger partial charge in [-0.3, -0.25) is 4.79 Å². The first-order valence-electron chi connectivity index (χ1n) is 9.44. The highest BCUT2D eigenvalue weighted by Gasteiger charge is 2.15. The van der Waals surface area contributed by atoms with Crippen molar-refractivity contribution in [2.75, 3.05) is 12.4 Å². The summed E-state index contributed by atoms with van der Waals surface area (Å²) in [6.07, 6.45) is 1.47. The fourth-order valence-corrected chi connectivity index (χ4v) is 4.10. The van der Waals surface area contributed by atoms with E-state index in [-0.39, 0.29) is 12.2 Å². The molecule has 0 aliphatic carbocycles. The van der Waals surface area contributed by atoms with E-state index in [1.165, 1.54) is 13.2 Å². The number of nitrogens with zero attached hydrogens (tertiary/aromatic N) is 1. The van der Waals surface area contributed by atoms with Crippen LogP contribution < -0.4 is 14.8 Å². The van der Waals surface area contributed by atoms with Gasteiger partial charge in [-0.2, -0.15) is 5.26 Å². The van der Waals surface area contributed by atoms with Gasteiger partial charge in [0.25, 0.3) is 5.91 Å². The molecule has 0 spiro atoms. The lowest BCUT2D eigenvalue weighted by Crippen LogP contribution is -2.13. The number of rotatable bonds is 7. The molecule has 5 nitrogen and oxygen atoms in total. The molecule has 0 aromatic heterocycles. The van der Waals surface area contributed by atoms with Crippen LogP contribution in [0, 0.1) is 14.9 Å². The summed E-state index contributed by atoms with van der Waals surface area (Å²) in [6, 6.07) is 17.4. The molecule has 0 fully saturated rings. The lowest BCUT2D eigenvalue weighted by molar-refractivity contribution is -0.112. The summed E-state index contributed by atoms with van der Waals surface area (Å²) in [7, 11) is 1.51. The predicted molar refractivity (Wildman–Crippen MR) is 140 cm³/mol. The van der Waals surface area contributed by atoms with E-state index in [4.69, 9.17) is 44.3 Å². The highest BCUT2D eigenvalue weighted by Crippen LogP contribution is 2.35. The lowest BCUT2D eigenvalue weighted by Gasteiger charge is -2.14. The molecule has 0 unspecified atom stereocenters. The fourth-order valence-electron chi connectivity index (χ4n) is 2.82. The van der Waals surface area contributed by atoms with E-state index in [1.54, 1.807) is 48.5 Å². The van der Waals surface area contributed by atoms with Crippen LogP contribution in [0.2, 0.25) is 15.1 Å². The van der Waals surface area contributed by atoms with E-state index < -0.39 is 5.91 Å². The fraction of sp³-hybridized carbons (Fsp3) is 0.0833. The van der Waals surface area contributed by atoms with Gasteiger partial charge in [0, 0.05) is 0 Å². The molecule has 1 N–H and O–H groups in total. The van der Waals surface area contributed by atoms with Crippen molar-refractivity contribution in [1.29, 1.82) is 5.26 Å². The Bertz CT molecular complexity index is 1270. The molecular weight excluding hydrogens is 598 g/mol. The number of para-hydroxylation sites is 1. The molecule has 0 aliphatic heterocycles. The second kappa shape index (κ2) is 11.6. The Morgan fingerprint density at radius 1 is 1.09 bits per heavy atom. The van der Waals surface area contributed by atoms with Crippen LogP contribution in [0.5, 0.6) is 11.5 Å². The summed E-state index contributed by atoms with van der Waals surface area (Å²) in [5.74, 6) is 0.414. The van der Waals surface area contributed by atoms with Gasteiger partial charge in [0.2, 0.25) is 0 Å². The van der Waals surface area contributed by atoms with E-state index >= 15 is 0 Å². The quantitative estimate of drug-likeness (QED) is 0.172. The summed E-state index contributed by atoms with van der Waals surface area (Å²) >= 11 is 20.2. The molecule has 1 amide bonds. The number of anilines is 1. The van der Waals surface area contributed by atoms with Gasteiger partial charge in [-0.25, -0.2) is 0 Å². The van der Waals surface area contributed by atoms with Crippen LogP contribution >= 0.6 is 57.4 Å². The molecule has 0 heterocycles. The smallest absolute Gasteiger partial charge is 0.266 e. The summed E-state index contributed by atoms with van der Waals surface area (Å²) in [4.78, 5) is 12.6. The number of carbonyl (C=O) groups excluding carboxylic acids is 1. The normalized spacial score (nSPS) is 11.0. The van der Waals surface area contributed by atoms with Gasteiger partial charge in [-0.1, -0.05) is 53.0 Å². The third-order valence-electron chi connectivity index (χ3n) is 4.42. The SMILES string of the molecule is COc1cc(/C=C(\C#N)C(=O)Nc2ccccc2Cl)cc(I)c1OCc1ccc(Cl)c(Cl)c1. The van der Waals surface area contributed by atoms with Crippen LogP contribution in [0.25, 0.3) is 6.08 Å². The van der Waals surface area contributed by atoms with Crippen LogP contribution in [-0.4, -0.2) is 13.0 Å². The Hall–Kier alpha value is -2.44. The van der Waals surface area contributed by atoms with E-state index in [0.29, 0.717) is 37.8 Å². The third-order valence-corrected chi connectivity index (χ3v) is 6.29. The number of halogens is 4. The molecule has 9 heteroatoms. The molecule has 0 saturated heterocycles. The molecule has 0 aliphatic rings. The average Bonchev–Trinajstić information content (AvgIpc) is 2.80. The van der Waals surface area contributed by atoms with Crippen molar-refractivity contribution in [3.63, 3.8) is 0 Å². The number of benzene rings is 3. The maximum absolute atomic E-state index is 12.6. The topological polar surface area (TPSA) is 71.3 Å². The largest absolute Gasteiger partial charge is 0.493 e. The number of hydrogen-bond donors (Lipinski definition) is 1. The zero-order valence-corrected chi connectivity index (χ0v) is 21.6. The van der Waals surface area contributed by atoms with Crippen LogP contribution in [-0.2, 0) is 11.4 Å². The van der Waals surface area contributed by atoms with Crippen molar-refractivity contribution in [1.82, 2.24) is 0 Å². The summed E-state index contributed by atoms with van der Waals surface area (Å²) in [5, 5.41) is 13.5. The number of hydrogen-bond acceptors (Lipinski definition) is 4. The van der Waals surface area contributed by atoms with Crippen molar-refractivity contribution in [3.05, 3.63) is 89.9 Å². The van der Waals surface area contributed by atoms with E-state index in [2.05, 4.69) is 27.9 Å². The molecule has 0 bridgehead atoms. The average molecular weight is 614 g/mol. The van der Waals surface area contributed by atoms with Crippen LogP contribution in [0.3, 0.4) is 0 Å². The van der Waals surface area contributed by atoms with Gasteiger partial charge < -0.3 is 14.8 Å². The molecule has 33 heavy (non-hydrogen) atoms. The molecule has 0 radical (unpaired) electrons. The van der Waals surface area contributed by atoms with E-state index in [1.807, 2.05) is 12.1 Å². The minimum atomic E-state index is -0.570. The Kier molecular flexibility index (Phi) is 8.87. The zero-order valence-electron chi connectivity index (χ0n) is 17.2. The highest BCUT2D eigenvalue weighted by molar-refractivity contribution is 14.1.